The van der Waals surface area contributed by atoms with E-state index in [-0.39, 0.29) is 24.1 Å². The molecule has 0 aromatic heterocycles. The lowest BCUT2D eigenvalue weighted by atomic mass is 9.67. The number of hydrogen-bond donors (Lipinski definition) is 0. The Bertz CT molecular complexity index is 699. The molecule has 6 nitrogen and oxygen atoms in total. The van der Waals surface area contributed by atoms with Crippen molar-refractivity contribution in [2.75, 3.05) is 14.2 Å². The van der Waals surface area contributed by atoms with Crippen LogP contribution >= 0.6 is 0 Å². The normalized spacial score (nSPS) is 37.8. The SMILES string of the molecule is COC1(OC)C[C@H](C(=O)O[C@@H]2C[C@H](C)CC[C@H]2C(C)C)[C@H]1C(=O)O[C@@H]1C[C@H](C)CC[C@H]1C(C)C. The van der Waals surface area contributed by atoms with Gasteiger partial charge >= 0.3 is 11.9 Å². The molecule has 0 heterocycles. The van der Waals surface area contributed by atoms with Gasteiger partial charge in [0.2, 0.25) is 0 Å². The number of hydrogen-bond acceptors (Lipinski definition) is 6. The molecule has 8 atom stereocenters. The molecule has 3 aliphatic carbocycles. The van der Waals surface area contributed by atoms with E-state index in [1.54, 1.807) is 0 Å². The zero-order valence-corrected chi connectivity index (χ0v) is 22.7. The highest BCUT2D eigenvalue weighted by Crippen LogP contribution is 2.50. The van der Waals surface area contributed by atoms with E-state index in [2.05, 4.69) is 41.5 Å². The third kappa shape index (κ3) is 5.64. The Morgan fingerprint density at radius 2 is 1.18 bits per heavy atom. The predicted octanol–water partition coefficient (Wildman–Crippen LogP) is 5.62. The molecule has 0 aliphatic heterocycles. The molecule has 0 aromatic carbocycles. The smallest absolute Gasteiger partial charge is 0.315 e. The summed E-state index contributed by atoms with van der Waals surface area (Å²) in [5, 5.41) is 0. The van der Waals surface area contributed by atoms with Crippen LogP contribution in [0.25, 0.3) is 0 Å². The molecule has 0 unspecified atom stereocenters. The number of carbonyl (C=O) groups excluding carboxylic acids is 2. The predicted molar refractivity (Wildman–Crippen MR) is 131 cm³/mol. The van der Waals surface area contributed by atoms with Crippen molar-refractivity contribution in [2.45, 2.75) is 104 Å². The standard InChI is InChI=1S/C28H48O6/c1-16(2)20-11-9-18(5)13-23(20)33-26(29)22-15-28(31-7,32-8)25(22)27(30)34-24-14-19(6)10-12-21(24)17(3)4/h16-25H,9-15H2,1-8H3/t18-,19-,20+,21+,22+,23-,24-,25+/m1/s1. The molecule has 0 saturated heterocycles. The fourth-order valence-corrected chi connectivity index (χ4v) is 6.72. The van der Waals surface area contributed by atoms with Crippen LogP contribution in [-0.4, -0.2) is 44.2 Å². The zero-order chi connectivity index (χ0) is 25.2. The number of carbonyl (C=O) groups is 2. The van der Waals surface area contributed by atoms with E-state index in [9.17, 15) is 9.59 Å². The highest BCUT2D eigenvalue weighted by atomic mass is 16.7. The van der Waals surface area contributed by atoms with Gasteiger partial charge in [-0.05, 0) is 61.2 Å². The van der Waals surface area contributed by atoms with Gasteiger partial charge in [-0.15, -0.1) is 0 Å². The van der Waals surface area contributed by atoms with Crippen LogP contribution in [0, 0.1) is 47.3 Å². The molecule has 0 N–H and O–H groups in total. The van der Waals surface area contributed by atoms with Crippen molar-refractivity contribution in [3.63, 3.8) is 0 Å². The molecular weight excluding hydrogens is 432 g/mol. The van der Waals surface area contributed by atoms with Gasteiger partial charge in [0, 0.05) is 20.6 Å². The molecule has 0 spiro atoms. The molecule has 3 rings (SSSR count). The summed E-state index contributed by atoms with van der Waals surface area (Å²) >= 11 is 0. The summed E-state index contributed by atoms with van der Waals surface area (Å²) in [6, 6.07) is 0. The summed E-state index contributed by atoms with van der Waals surface area (Å²) in [6.07, 6.45) is 6.27. The minimum atomic E-state index is -1.13. The van der Waals surface area contributed by atoms with Crippen molar-refractivity contribution >= 4 is 11.9 Å². The molecule has 0 amide bonds. The Kier molecular flexibility index (Phi) is 9.11. The minimum Gasteiger partial charge on any atom is -0.462 e. The van der Waals surface area contributed by atoms with E-state index in [0.29, 0.717) is 41.9 Å². The first kappa shape index (κ1) is 27.4. The van der Waals surface area contributed by atoms with Gasteiger partial charge in [-0.3, -0.25) is 9.59 Å². The molecule has 0 bridgehead atoms. The Balaban J connectivity index is 1.74. The minimum absolute atomic E-state index is 0.0995. The molecule has 34 heavy (non-hydrogen) atoms. The largest absolute Gasteiger partial charge is 0.462 e. The van der Waals surface area contributed by atoms with Crippen LogP contribution < -0.4 is 0 Å². The van der Waals surface area contributed by atoms with Gasteiger partial charge in [0.05, 0.1) is 5.92 Å². The van der Waals surface area contributed by atoms with Crippen LogP contribution in [0.1, 0.15) is 86.5 Å². The molecule has 6 heteroatoms. The fraction of sp³-hybridized carbons (Fsp3) is 0.929. The molecule has 3 saturated carbocycles. The van der Waals surface area contributed by atoms with E-state index < -0.39 is 17.6 Å². The summed E-state index contributed by atoms with van der Waals surface area (Å²) in [6.45, 7) is 13.2. The van der Waals surface area contributed by atoms with Crippen molar-refractivity contribution in [1.29, 1.82) is 0 Å². The van der Waals surface area contributed by atoms with Crippen LogP contribution in [0.3, 0.4) is 0 Å². The lowest BCUT2D eigenvalue weighted by molar-refractivity contribution is -0.308. The first-order valence-electron chi connectivity index (χ1n) is 13.5. The maximum Gasteiger partial charge on any atom is 0.315 e. The van der Waals surface area contributed by atoms with Crippen LogP contribution in [0.2, 0.25) is 0 Å². The Morgan fingerprint density at radius 3 is 1.59 bits per heavy atom. The number of ether oxygens (including phenoxy) is 4. The van der Waals surface area contributed by atoms with Gasteiger partial charge in [0.25, 0.3) is 0 Å². The van der Waals surface area contributed by atoms with Crippen LogP contribution in [0.4, 0.5) is 0 Å². The van der Waals surface area contributed by atoms with Crippen LogP contribution in [-0.2, 0) is 28.5 Å². The van der Waals surface area contributed by atoms with Gasteiger partial charge in [0.15, 0.2) is 5.79 Å². The number of rotatable bonds is 8. The van der Waals surface area contributed by atoms with Gasteiger partial charge in [-0.25, -0.2) is 0 Å². The summed E-state index contributed by atoms with van der Waals surface area (Å²) < 4.78 is 23.6. The quantitative estimate of drug-likeness (QED) is 0.332. The highest BCUT2D eigenvalue weighted by Gasteiger charge is 2.64. The highest BCUT2D eigenvalue weighted by molar-refractivity contribution is 5.85. The third-order valence-corrected chi connectivity index (χ3v) is 9.09. The molecule has 0 radical (unpaired) electrons. The second-order valence-corrected chi connectivity index (χ2v) is 12.1. The zero-order valence-electron chi connectivity index (χ0n) is 22.7. The number of esters is 2. The molecule has 3 fully saturated rings. The fourth-order valence-electron chi connectivity index (χ4n) is 6.72. The first-order valence-corrected chi connectivity index (χ1v) is 13.5. The maximum absolute atomic E-state index is 13.5. The third-order valence-electron chi connectivity index (χ3n) is 9.09. The van der Waals surface area contributed by atoms with E-state index in [0.717, 1.165) is 32.1 Å². The first-order chi connectivity index (χ1) is 16.0. The van der Waals surface area contributed by atoms with Crippen molar-refractivity contribution in [3.05, 3.63) is 0 Å². The molecular formula is C28H48O6. The van der Waals surface area contributed by atoms with Crippen molar-refractivity contribution in [3.8, 4) is 0 Å². The van der Waals surface area contributed by atoms with Crippen molar-refractivity contribution < 1.29 is 28.5 Å². The van der Waals surface area contributed by atoms with Crippen molar-refractivity contribution in [1.82, 2.24) is 0 Å². The van der Waals surface area contributed by atoms with Gasteiger partial charge < -0.3 is 18.9 Å². The Morgan fingerprint density at radius 1 is 0.735 bits per heavy atom. The second-order valence-electron chi connectivity index (χ2n) is 12.1. The maximum atomic E-state index is 13.5. The van der Waals surface area contributed by atoms with Gasteiger partial charge in [0.1, 0.15) is 18.1 Å². The topological polar surface area (TPSA) is 71.1 Å². The van der Waals surface area contributed by atoms with Crippen LogP contribution in [0.15, 0.2) is 0 Å². The summed E-state index contributed by atoms with van der Waals surface area (Å²) in [5.74, 6) is -0.613. The lowest BCUT2D eigenvalue weighted by Gasteiger charge is -2.50. The Labute approximate surface area is 206 Å². The monoisotopic (exact) mass is 480 g/mol. The van der Waals surface area contributed by atoms with Gasteiger partial charge in [-0.2, -0.15) is 0 Å². The summed E-state index contributed by atoms with van der Waals surface area (Å²) in [7, 11) is 3.06. The lowest BCUT2D eigenvalue weighted by Crippen LogP contribution is -2.63. The average molecular weight is 481 g/mol. The Hall–Kier alpha value is -1.14. The summed E-state index contributed by atoms with van der Waals surface area (Å²) in [5.41, 5.74) is 0. The van der Waals surface area contributed by atoms with E-state index in [1.807, 2.05) is 0 Å². The van der Waals surface area contributed by atoms with Crippen molar-refractivity contribution in [2.24, 2.45) is 47.3 Å². The molecule has 0 aromatic rings. The average Bonchev–Trinajstić information content (AvgIpc) is 2.73. The van der Waals surface area contributed by atoms with Gasteiger partial charge in [-0.1, -0.05) is 54.4 Å². The van der Waals surface area contributed by atoms with E-state index in [4.69, 9.17) is 18.9 Å². The second kappa shape index (κ2) is 11.3. The van der Waals surface area contributed by atoms with E-state index >= 15 is 0 Å². The number of methoxy groups -OCH3 is 2. The molecule has 196 valence electrons. The summed E-state index contributed by atoms with van der Waals surface area (Å²) in [4.78, 5) is 26.9. The molecule has 3 aliphatic rings. The van der Waals surface area contributed by atoms with E-state index in [1.165, 1.54) is 20.6 Å². The van der Waals surface area contributed by atoms with Crippen LogP contribution in [0.5, 0.6) is 0 Å².